The molecule has 0 spiro atoms. The van der Waals surface area contributed by atoms with Gasteiger partial charge in [-0.15, -0.1) is 11.3 Å². The van der Waals surface area contributed by atoms with Crippen LogP contribution in [0, 0.1) is 0 Å². The van der Waals surface area contributed by atoms with Gasteiger partial charge in [0, 0.05) is 0 Å². The van der Waals surface area contributed by atoms with E-state index in [-0.39, 0.29) is 41.1 Å². The van der Waals surface area contributed by atoms with Crippen molar-refractivity contribution in [3.63, 3.8) is 0 Å². The Morgan fingerprint density at radius 3 is 2.41 bits per heavy atom. The van der Waals surface area contributed by atoms with Crippen LogP contribution in [0.25, 0.3) is 0 Å². The highest BCUT2D eigenvalue weighted by Crippen LogP contribution is 2.43. The molecule has 92 valence electrons. The number of fused-ring (bicyclic) bond motifs is 1. The summed E-state index contributed by atoms with van der Waals surface area (Å²) >= 11 is 0.745. The van der Waals surface area contributed by atoms with Crippen molar-refractivity contribution in [1.82, 2.24) is 0 Å². The fourth-order valence-electron chi connectivity index (χ4n) is 1.42. The van der Waals surface area contributed by atoms with Gasteiger partial charge in [0.05, 0.1) is 17.5 Å². The predicted octanol–water partition coefficient (Wildman–Crippen LogP) is 0.0595. The Kier molecular flexibility index (Phi) is 3.19. The topological polar surface area (TPSA) is 84.9 Å². The van der Waals surface area contributed by atoms with Gasteiger partial charge in [-0.25, -0.2) is 4.79 Å². The molecule has 17 heavy (non-hydrogen) atoms. The SMILES string of the molecule is CCOC(=O)c1sc(C(=O)[O-])c2c1OCCO2. The summed E-state index contributed by atoms with van der Waals surface area (Å²) in [4.78, 5) is 22.4. The molecule has 1 aliphatic rings. The van der Waals surface area contributed by atoms with Crippen molar-refractivity contribution in [1.29, 1.82) is 0 Å². The minimum absolute atomic E-state index is 0.0595. The van der Waals surface area contributed by atoms with Crippen LogP contribution in [0.1, 0.15) is 26.3 Å². The average molecular weight is 257 g/mol. The standard InChI is InChI=1S/C10H10O6S/c1-2-14-10(13)8-6-5(15-3-4-16-6)7(17-8)9(11)12/h2-4H2,1H3,(H,11,12)/p-1. The molecule has 1 aromatic rings. The molecule has 0 aliphatic carbocycles. The number of carbonyl (C=O) groups excluding carboxylic acids is 2. The maximum Gasteiger partial charge on any atom is 0.352 e. The first-order valence-corrected chi connectivity index (χ1v) is 5.77. The Bertz CT molecular complexity index is 464. The molecular formula is C10H9O6S-. The van der Waals surface area contributed by atoms with Gasteiger partial charge >= 0.3 is 5.97 Å². The monoisotopic (exact) mass is 257 g/mol. The maximum atomic E-state index is 11.6. The second-order valence-corrected chi connectivity index (χ2v) is 4.14. The molecule has 0 bridgehead atoms. The number of esters is 1. The molecule has 0 N–H and O–H groups in total. The van der Waals surface area contributed by atoms with Gasteiger partial charge in [-0.05, 0) is 6.92 Å². The first kappa shape index (κ1) is 11.7. The Balaban J connectivity index is 2.45. The molecule has 0 saturated heterocycles. The first-order valence-electron chi connectivity index (χ1n) is 4.96. The van der Waals surface area contributed by atoms with Crippen LogP contribution < -0.4 is 14.6 Å². The summed E-state index contributed by atoms with van der Waals surface area (Å²) in [6.07, 6.45) is 0. The van der Waals surface area contributed by atoms with Crippen molar-refractivity contribution in [3.05, 3.63) is 9.75 Å². The molecule has 6 nitrogen and oxygen atoms in total. The van der Waals surface area contributed by atoms with Crippen LogP contribution in [0.2, 0.25) is 0 Å². The Labute approximate surface area is 101 Å². The quantitative estimate of drug-likeness (QED) is 0.712. The third-order valence-electron chi connectivity index (χ3n) is 2.05. The van der Waals surface area contributed by atoms with E-state index < -0.39 is 11.9 Å². The van der Waals surface area contributed by atoms with Gasteiger partial charge in [-0.2, -0.15) is 0 Å². The van der Waals surface area contributed by atoms with Crippen LogP contribution in [0.3, 0.4) is 0 Å². The second-order valence-electron chi connectivity index (χ2n) is 3.12. The van der Waals surface area contributed by atoms with Crippen molar-refractivity contribution in [2.24, 2.45) is 0 Å². The predicted molar refractivity (Wildman–Crippen MR) is 55.6 cm³/mol. The highest BCUT2D eigenvalue weighted by atomic mass is 32.1. The van der Waals surface area contributed by atoms with E-state index in [4.69, 9.17) is 14.2 Å². The Morgan fingerprint density at radius 1 is 1.29 bits per heavy atom. The lowest BCUT2D eigenvalue weighted by molar-refractivity contribution is -0.254. The van der Waals surface area contributed by atoms with Crippen molar-refractivity contribution in [2.75, 3.05) is 19.8 Å². The van der Waals surface area contributed by atoms with Gasteiger partial charge < -0.3 is 24.1 Å². The lowest BCUT2D eigenvalue weighted by Crippen LogP contribution is -2.23. The zero-order valence-electron chi connectivity index (χ0n) is 8.98. The minimum Gasteiger partial charge on any atom is -0.544 e. The molecule has 2 rings (SSSR count). The van der Waals surface area contributed by atoms with Crippen molar-refractivity contribution in [3.8, 4) is 11.5 Å². The average Bonchev–Trinajstić information content (AvgIpc) is 2.69. The molecule has 1 aliphatic heterocycles. The minimum atomic E-state index is -1.40. The summed E-state index contributed by atoms with van der Waals surface area (Å²) in [5.74, 6) is -1.82. The van der Waals surface area contributed by atoms with E-state index >= 15 is 0 Å². The van der Waals surface area contributed by atoms with Gasteiger partial charge in [0.15, 0.2) is 16.4 Å². The molecular weight excluding hydrogens is 248 g/mol. The van der Waals surface area contributed by atoms with E-state index in [9.17, 15) is 14.7 Å². The number of ether oxygens (including phenoxy) is 3. The van der Waals surface area contributed by atoms with Crippen LogP contribution in [-0.2, 0) is 4.74 Å². The molecule has 0 amide bonds. The van der Waals surface area contributed by atoms with Crippen LogP contribution in [0.4, 0.5) is 0 Å². The lowest BCUT2D eigenvalue weighted by atomic mass is 10.3. The molecule has 0 fully saturated rings. The van der Waals surface area contributed by atoms with E-state index in [2.05, 4.69) is 0 Å². The van der Waals surface area contributed by atoms with E-state index in [0.29, 0.717) is 0 Å². The molecule has 1 aromatic heterocycles. The Hall–Kier alpha value is -1.76. The van der Waals surface area contributed by atoms with Crippen LogP contribution in [0.15, 0.2) is 0 Å². The second kappa shape index (κ2) is 4.62. The van der Waals surface area contributed by atoms with Crippen LogP contribution >= 0.6 is 11.3 Å². The van der Waals surface area contributed by atoms with Crippen molar-refractivity contribution in [2.45, 2.75) is 6.92 Å². The summed E-state index contributed by atoms with van der Waals surface area (Å²) in [6, 6.07) is 0. The highest BCUT2D eigenvalue weighted by Gasteiger charge is 2.29. The summed E-state index contributed by atoms with van der Waals surface area (Å²) in [5, 5.41) is 10.9. The van der Waals surface area contributed by atoms with E-state index in [1.54, 1.807) is 6.92 Å². The van der Waals surface area contributed by atoms with Crippen molar-refractivity contribution < 1.29 is 28.9 Å². The van der Waals surface area contributed by atoms with Gasteiger partial charge in [0.25, 0.3) is 0 Å². The van der Waals surface area contributed by atoms with Gasteiger partial charge in [0.1, 0.15) is 13.2 Å². The third kappa shape index (κ3) is 2.05. The number of aromatic carboxylic acids is 1. The highest BCUT2D eigenvalue weighted by molar-refractivity contribution is 7.16. The van der Waals surface area contributed by atoms with Crippen molar-refractivity contribution >= 4 is 23.3 Å². The number of hydrogen-bond donors (Lipinski definition) is 0. The van der Waals surface area contributed by atoms with Gasteiger partial charge in [-0.3, -0.25) is 0 Å². The fourth-order valence-corrected chi connectivity index (χ4v) is 2.33. The number of carboxylic acids is 1. The van der Waals surface area contributed by atoms with E-state index in [0.717, 1.165) is 11.3 Å². The lowest BCUT2D eigenvalue weighted by Gasteiger charge is -2.16. The Morgan fingerprint density at radius 2 is 1.88 bits per heavy atom. The fraction of sp³-hybridized carbons (Fsp3) is 0.400. The molecule has 0 aromatic carbocycles. The molecule has 0 radical (unpaired) electrons. The van der Waals surface area contributed by atoms with E-state index in [1.807, 2.05) is 0 Å². The maximum absolute atomic E-state index is 11.6. The number of rotatable bonds is 3. The smallest absolute Gasteiger partial charge is 0.352 e. The zero-order chi connectivity index (χ0) is 12.4. The number of carboxylic acid groups (broad SMARTS) is 1. The summed E-state index contributed by atoms with van der Waals surface area (Å²) in [6.45, 7) is 2.37. The normalized spacial score (nSPS) is 13.2. The molecule has 7 heteroatoms. The third-order valence-corrected chi connectivity index (χ3v) is 3.16. The molecule has 2 heterocycles. The molecule has 0 saturated carbocycles. The molecule has 0 unspecified atom stereocenters. The van der Waals surface area contributed by atoms with E-state index in [1.165, 1.54) is 0 Å². The van der Waals surface area contributed by atoms with Crippen LogP contribution in [0.5, 0.6) is 11.5 Å². The first-order chi connectivity index (χ1) is 8.15. The van der Waals surface area contributed by atoms with Gasteiger partial charge in [0.2, 0.25) is 0 Å². The van der Waals surface area contributed by atoms with Crippen LogP contribution in [-0.4, -0.2) is 31.8 Å². The number of carbonyl (C=O) groups is 2. The largest absolute Gasteiger partial charge is 0.544 e. The number of hydrogen-bond acceptors (Lipinski definition) is 7. The summed E-state index contributed by atoms with van der Waals surface area (Å²) in [5.41, 5.74) is 0. The number of thiophene rings is 1. The summed E-state index contributed by atoms with van der Waals surface area (Å²) < 4.78 is 15.2. The summed E-state index contributed by atoms with van der Waals surface area (Å²) in [7, 11) is 0. The zero-order valence-corrected chi connectivity index (χ0v) is 9.80. The van der Waals surface area contributed by atoms with Gasteiger partial charge in [-0.1, -0.05) is 0 Å². The molecule has 0 atom stereocenters.